The van der Waals surface area contributed by atoms with E-state index in [9.17, 15) is 4.79 Å². The molecule has 0 spiro atoms. The molecule has 2 rings (SSSR count). The lowest BCUT2D eigenvalue weighted by Gasteiger charge is -2.02. The summed E-state index contributed by atoms with van der Waals surface area (Å²) in [6, 6.07) is 6.28. The van der Waals surface area contributed by atoms with E-state index in [4.69, 9.17) is 0 Å². The van der Waals surface area contributed by atoms with Crippen molar-refractivity contribution in [3.05, 3.63) is 34.2 Å². The maximum absolute atomic E-state index is 11.8. The molecule has 1 aromatic carbocycles. The minimum absolute atomic E-state index is 0.0367. The molecule has 0 bridgehead atoms. The van der Waals surface area contributed by atoms with Gasteiger partial charge in [0.25, 0.3) is 0 Å². The number of rotatable bonds is 6. The molecular formula is C14H24N4O+2. The molecule has 104 valence electrons. The van der Waals surface area contributed by atoms with E-state index in [2.05, 4.69) is 29.8 Å². The van der Waals surface area contributed by atoms with Gasteiger partial charge in [0, 0.05) is 26.1 Å². The van der Waals surface area contributed by atoms with Crippen molar-refractivity contribution in [2.75, 3.05) is 20.1 Å². The van der Waals surface area contributed by atoms with Crippen LogP contribution in [0.5, 0.6) is 0 Å². The summed E-state index contributed by atoms with van der Waals surface area (Å²) in [6.07, 6.45) is 1.22. The van der Waals surface area contributed by atoms with Gasteiger partial charge in [0.15, 0.2) is 0 Å². The predicted molar refractivity (Wildman–Crippen MR) is 76.0 cm³/mol. The van der Waals surface area contributed by atoms with Gasteiger partial charge >= 0.3 is 5.69 Å². The summed E-state index contributed by atoms with van der Waals surface area (Å²) < 4.78 is 3.41. The zero-order chi connectivity index (χ0) is 13.8. The largest absolute Gasteiger partial charge is 0.349 e. The summed E-state index contributed by atoms with van der Waals surface area (Å²) >= 11 is 0. The van der Waals surface area contributed by atoms with Crippen molar-refractivity contribution in [2.45, 2.75) is 13.0 Å². The Bertz CT molecular complexity index is 612. The normalized spacial score (nSPS) is 11.3. The van der Waals surface area contributed by atoms with E-state index >= 15 is 0 Å². The van der Waals surface area contributed by atoms with Crippen LogP contribution in [-0.4, -0.2) is 29.3 Å². The number of benzene rings is 1. The monoisotopic (exact) mass is 264 g/mol. The molecule has 1 aromatic heterocycles. The van der Waals surface area contributed by atoms with Crippen molar-refractivity contribution in [3.63, 3.8) is 0 Å². The lowest BCUT2D eigenvalue weighted by molar-refractivity contribution is -0.682. The maximum atomic E-state index is 11.8. The number of aryl methyl sites for hydroxylation is 2. The van der Waals surface area contributed by atoms with Crippen LogP contribution in [0.2, 0.25) is 0 Å². The third kappa shape index (κ3) is 2.88. The Morgan fingerprint density at radius 3 is 2.58 bits per heavy atom. The molecule has 0 atom stereocenters. The van der Waals surface area contributed by atoms with Crippen molar-refractivity contribution in [2.24, 2.45) is 14.1 Å². The smallest absolute Gasteiger partial charge is 0.328 e. The molecule has 5 heteroatoms. The summed E-state index contributed by atoms with van der Waals surface area (Å²) in [6.45, 7) is 3.31. The molecule has 2 aromatic rings. The number of aromatic nitrogens is 2. The van der Waals surface area contributed by atoms with E-state index in [1.165, 1.54) is 18.5 Å². The minimum atomic E-state index is 0.0367. The molecule has 0 saturated heterocycles. The van der Waals surface area contributed by atoms with Crippen LogP contribution in [0.15, 0.2) is 23.0 Å². The summed E-state index contributed by atoms with van der Waals surface area (Å²) in [5.41, 5.74) is 3.32. The van der Waals surface area contributed by atoms with Gasteiger partial charge in [0.1, 0.15) is 6.54 Å². The first kappa shape index (κ1) is 13.8. The van der Waals surface area contributed by atoms with E-state index in [-0.39, 0.29) is 5.69 Å². The van der Waals surface area contributed by atoms with E-state index in [0.717, 1.165) is 24.1 Å². The number of hydrogen-bond acceptors (Lipinski definition) is 1. The van der Waals surface area contributed by atoms with E-state index < -0.39 is 0 Å². The molecule has 0 aliphatic rings. The molecule has 0 aliphatic heterocycles. The van der Waals surface area contributed by atoms with Gasteiger partial charge in [-0.2, -0.15) is 0 Å². The number of quaternary nitrogens is 2. The van der Waals surface area contributed by atoms with Gasteiger partial charge in [-0.05, 0) is 12.1 Å². The summed E-state index contributed by atoms with van der Waals surface area (Å²) in [4.78, 5) is 11.8. The quantitative estimate of drug-likeness (QED) is 0.615. The van der Waals surface area contributed by atoms with Gasteiger partial charge in [-0.15, -0.1) is 0 Å². The lowest BCUT2D eigenvalue weighted by Crippen LogP contribution is -2.85. The fraction of sp³-hybridized carbons (Fsp3) is 0.500. The first-order chi connectivity index (χ1) is 9.15. The number of fused-ring (bicyclic) bond motifs is 1. The molecule has 5 nitrogen and oxygen atoms in total. The first-order valence-corrected chi connectivity index (χ1v) is 6.89. The van der Waals surface area contributed by atoms with Gasteiger partial charge in [0.05, 0.1) is 31.2 Å². The highest BCUT2D eigenvalue weighted by Crippen LogP contribution is 2.13. The molecular weight excluding hydrogens is 240 g/mol. The van der Waals surface area contributed by atoms with Crippen LogP contribution in [0.4, 0.5) is 0 Å². The average molecular weight is 264 g/mol. The number of hydrogen-bond donors (Lipinski definition) is 2. The van der Waals surface area contributed by atoms with Crippen molar-refractivity contribution in [1.82, 2.24) is 9.13 Å². The fourth-order valence-corrected chi connectivity index (χ4v) is 2.41. The Morgan fingerprint density at radius 2 is 1.84 bits per heavy atom. The van der Waals surface area contributed by atoms with Crippen LogP contribution in [-0.2, 0) is 20.6 Å². The van der Waals surface area contributed by atoms with Crippen molar-refractivity contribution < 1.29 is 10.6 Å². The fourth-order valence-electron chi connectivity index (χ4n) is 2.41. The number of nitrogens with zero attached hydrogens (tertiary/aromatic N) is 2. The Labute approximate surface area is 113 Å². The third-order valence-corrected chi connectivity index (χ3v) is 3.62. The van der Waals surface area contributed by atoms with Crippen molar-refractivity contribution in [3.8, 4) is 0 Å². The second kappa shape index (κ2) is 6.04. The van der Waals surface area contributed by atoms with Gasteiger partial charge in [-0.3, -0.25) is 9.13 Å². The average Bonchev–Trinajstić information content (AvgIpc) is 2.64. The van der Waals surface area contributed by atoms with Crippen LogP contribution in [0.3, 0.4) is 0 Å². The second-order valence-electron chi connectivity index (χ2n) is 5.06. The molecule has 0 amide bonds. The lowest BCUT2D eigenvalue weighted by atomic mass is 10.2. The van der Waals surface area contributed by atoms with Gasteiger partial charge in [-0.1, -0.05) is 6.07 Å². The van der Waals surface area contributed by atoms with Gasteiger partial charge in [0.2, 0.25) is 0 Å². The Morgan fingerprint density at radius 1 is 1.11 bits per heavy atom. The van der Waals surface area contributed by atoms with Crippen LogP contribution in [0.1, 0.15) is 12.0 Å². The van der Waals surface area contributed by atoms with Crippen molar-refractivity contribution >= 4 is 11.0 Å². The van der Waals surface area contributed by atoms with Gasteiger partial charge < -0.3 is 10.6 Å². The first-order valence-electron chi connectivity index (χ1n) is 6.89. The number of nitrogens with two attached hydrogens (primary N) is 2. The molecule has 0 unspecified atom stereocenters. The zero-order valence-corrected chi connectivity index (χ0v) is 12.0. The molecule has 0 aliphatic carbocycles. The van der Waals surface area contributed by atoms with E-state index in [1.54, 1.807) is 9.13 Å². The highest BCUT2D eigenvalue weighted by molar-refractivity contribution is 5.76. The van der Waals surface area contributed by atoms with Crippen LogP contribution in [0, 0.1) is 0 Å². The predicted octanol–water partition coefficient (Wildman–Crippen LogP) is -1.48. The molecule has 0 fully saturated rings. The summed E-state index contributed by atoms with van der Waals surface area (Å²) in [5.74, 6) is 0. The maximum Gasteiger partial charge on any atom is 0.328 e. The van der Waals surface area contributed by atoms with Crippen LogP contribution < -0.4 is 16.3 Å². The highest BCUT2D eigenvalue weighted by Gasteiger charge is 2.08. The van der Waals surface area contributed by atoms with Crippen LogP contribution >= 0.6 is 0 Å². The molecule has 0 radical (unpaired) electrons. The minimum Gasteiger partial charge on any atom is -0.349 e. The third-order valence-electron chi connectivity index (χ3n) is 3.62. The topological polar surface area (TPSA) is 60.1 Å². The number of imidazole rings is 1. The SMILES string of the molecule is C[NH2+]CCC[NH2+]Cc1ccc2c(c1)n(C)c(=O)n2C. The van der Waals surface area contributed by atoms with E-state index in [1.807, 2.05) is 20.2 Å². The molecule has 0 saturated carbocycles. The molecule has 1 heterocycles. The molecule has 19 heavy (non-hydrogen) atoms. The van der Waals surface area contributed by atoms with Crippen molar-refractivity contribution in [1.29, 1.82) is 0 Å². The Kier molecular flexibility index (Phi) is 4.39. The highest BCUT2D eigenvalue weighted by atomic mass is 16.1. The van der Waals surface area contributed by atoms with Crippen LogP contribution in [0.25, 0.3) is 11.0 Å². The standard InChI is InChI=1S/C14H22N4O/c1-15-7-4-8-16-10-11-5-6-12-13(9-11)18(3)14(19)17(12)2/h5-6,9,15-16H,4,7-8,10H2,1-3H3/p+2. The van der Waals surface area contributed by atoms with Gasteiger partial charge in [-0.25, -0.2) is 4.79 Å². The second-order valence-corrected chi connectivity index (χ2v) is 5.06. The zero-order valence-electron chi connectivity index (χ0n) is 12.0. The Hall–Kier alpha value is -1.59. The summed E-state index contributed by atoms with van der Waals surface area (Å²) in [7, 11) is 5.75. The molecule has 4 N–H and O–H groups in total. The summed E-state index contributed by atoms with van der Waals surface area (Å²) in [5, 5.41) is 4.53. The Balaban J connectivity index is 2.09. The van der Waals surface area contributed by atoms with E-state index in [0.29, 0.717) is 0 Å².